The van der Waals surface area contributed by atoms with Gasteiger partial charge in [0.1, 0.15) is 11.4 Å². The zero-order valence-corrected chi connectivity index (χ0v) is 20.1. The van der Waals surface area contributed by atoms with Crippen LogP contribution in [0.4, 0.5) is 0 Å². The van der Waals surface area contributed by atoms with Crippen LogP contribution in [0.3, 0.4) is 0 Å². The van der Waals surface area contributed by atoms with Gasteiger partial charge in [0.05, 0.1) is 32.6 Å². The molecule has 0 bridgehead atoms. The Hall–Kier alpha value is -1.62. The summed E-state index contributed by atoms with van der Waals surface area (Å²) in [4.78, 5) is 7.05. The molecule has 7 nitrogen and oxygen atoms in total. The second-order valence-corrected chi connectivity index (χ2v) is 7.50. The minimum absolute atomic E-state index is 0. The Labute approximate surface area is 195 Å². The lowest BCUT2D eigenvalue weighted by Gasteiger charge is -2.26. The smallest absolute Gasteiger partial charge is 0.191 e. The molecule has 3 N–H and O–H groups in total. The van der Waals surface area contributed by atoms with Crippen LogP contribution < -0.4 is 10.6 Å². The fourth-order valence-corrected chi connectivity index (χ4v) is 3.21. The SMILES string of the molecule is CCNC(=NCc1ccc(CN2CCOCC2)cc1)NCC(C)(O)c1ccco1.I. The van der Waals surface area contributed by atoms with E-state index in [-0.39, 0.29) is 24.0 Å². The number of furan rings is 1. The number of ether oxygens (including phenoxy) is 1. The van der Waals surface area contributed by atoms with E-state index in [9.17, 15) is 5.11 Å². The van der Waals surface area contributed by atoms with Crippen LogP contribution in [0.25, 0.3) is 0 Å². The van der Waals surface area contributed by atoms with Crippen LogP contribution in [0, 0.1) is 0 Å². The summed E-state index contributed by atoms with van der Waals surface area (Å²) in [5.74, 6) is 1.19. The molecule has 0 saturated carbocycles. The van der Waals surface area contributed by atoms with E-state index in [4.69, 9.17) is 9.15 Å². The average molecular weight is 528 g/mol. The summed E-state index contributed by atoms with van der Waals surface area (Å²) in [5, 5.41) is 17.0. The van der Waals surface area contributed by atoms with Gasteiger partial charge < -0.3 is 24.9 Å². The second-order valence-electron chi connectivity index (χ2n) is 7.50. The third kappa shape index (κ3) is 7.57. The maximum atomic E-state index is 10.6. The molecule has 0 radical (unpaired) electrons. The lowest BCUT2D eigenvalue weighted by atomic mass is 10.0. The van der Waals surface area contributed by atoms with Gasteiger partial charge in [-0.2, -0.15) is 0 Å². The zero-order chi connectivity index (χ0) is 20.5. The highest BCUT2D eigenvalue weighted by Crippen LogP contribution is 2.19. The number of aliphatic hydroxyl groups is 1. The number of rotatable bonds is 8. The summed E-state index contributed by atoms with van der Waals surface area (Å²) in [5.41, 5.74) is 1.34. The van der Waals surface area contributed by atoms with Crippen molar-refractivity contribution in [3.8, 4) is 0 Å². The minimum atomic E-state index is -1.11. The van der Waals surface area contributed by atoms with E-state index < -0.39 is 5.60 Å². The fourth-order valence-electron chi connectivity index (χ4n) is 3.21. The first-order valence-corrected chi connectivity index (χ1v) is 10.2. The van der Waals surface area contributed by atoms with E-state index in [1.165, 1.54) is 5.56 Å². The highest BCUT2D eigenvalue weighted by Gasteiger charge is 2.26. The van der Waals surface area contributed by atoms with Gasteiger partial charge in [-0.15, -0.1) is 24.0 Å². The second kappa shape index (κ2) is 12.3. The molecule has 1 saturated heterocycles. The first-order chi connectivity index (χ1) is 14.1. The molecular weight excluding hydrogens is 495 g/mol. The molecule has 0 spiro atoms. The van der Waals surface area contributed by atoms with Crippen molar-refractivity contribution in [1.82, 2.24) is 15.5 Å². The Morgan fingerprint density at radius 2 is 1.83 bits per heavy atom. The van der Waals surface area contributed by atoms with E-state index in [1.54, 1.807) is 25.3 Å². The molecule has 1 aromatic heterocycles. The van der Waals surface area contributed by atoms with Crippen molar-refractivity contribution < 1.29 is 14.3 Å². The van der Waals surface area contributed by atoms with Crippen molar-refractivity contribution in [3.05, 3.63) is 59.5 Å². The zero-order valence-electron chi connectivity index (χ0n) is 17.8. The summed E-state index contributed by atoms with van der Waals surface area (Å²) in [6, 6.07) is 12.1. The molecule has 8 heteroatoms. The topological polar surface area (TPSA) is 82.3 Å². The molecule has 0 amide bonds. The van der Waals surface area contributed by atoms with Gasteiger partial charge in [-0.05, 0) is 37.1 Å². The molecule has 1 aliphatic heterocycles. The Bertz CT molecular complexity index is 757. The van der Waals surface area contributed by atoms with Gasteiger partial charge in [0.2, 0.25) is 0 Å². The molecule has 3 rings (SSSR count). The third-order valence-electron chi connectivity index (χ3n) is 4.95. The maximum Gasteiger partial charge on any atom is 0.191 e. The molecule has 2 heterocycles. The van der Waals surface area contributed by atoms with Gasteiger partial charge in [-0.1, -0.05) is 24.3 Å². The molecule has 1 unspecified atom stereocenters. The molecule has 0 aliphatic carbocycles. The molecule has 2 aromatic rings. The van der Waals surface area contributed by atoms with Crippen LogP contribution in [0.15, 0.2) is 52.1 Å². The summed E-state index contributed by atoms with van der Waals surface area (Å²) in [6.07, 6.45) is 1.56. The number of hydrogen-bond donors (Lipinski definition) is 3. The fraction of sp³-hybridized carbons (Fsp3) is 0.500. The number of guanidine groups is 1. The van der Waals surface area contributed by atoms with Gasteiger partial charge >= 0.3 is 0 Å². The normalized spacial score (nSPS) is 17.1. The maximum absolute atomic E-state index is 10.6. The molecule has 1 fully saturated rings. The third-order valence-corrected chi connectivity index (χ3v) is 4.95. The summed E-state index contributed by atoms with van der Waals surface area (Å²) in [7, 11) is 0. The average Bonchev–Trinajstić information content (AvgIpc) is 3.28. The first-order valence-electron chi connectivity index (χ1n) is 10.2. The Morgan fingerprint density at radius 3 is 2.47 bits per heavy atom. The largest absolute Gasteiger partial charge is 0.466 e. The Balaban J connectivity index is 0.00000320. The van der Waals surface area contributed by atoms with Crippen LogP contribution in [0.2, 0.25) is 0 Å². The van der Waals surface area contributed by atoms with Crippen molar-refractivity contribution in [2.24, 2.45) is 4.99 Å². The van der Waals surface area contributed by atoms with Crippen LogP contribution in [-0.4, -0.2) is 55.4 Å². The highest BCUT2D eigenvalue weighted by atomic mass is 127. The van der Waals surface area contributed by atoms with Crippen molar-refractivity contribution in [3.63, 3.8) is 0 Å². The Morgan fingerprint density at radius 1 is 1.13 bits per heavy atom. The van der Waals surface area contributed by atoms with E-state index in [0.29, 0.717) is 24.8 Å². The first kappa shape index (κ1) is 24.6. The Kier molecular flexibility index (Phi) is 10.1. The van der Waals surface area contributed by atoms with Gasteiger partial charge in [0, 0.05) is 26.2 Å². The van der Waals surface area contributed by atoms with Gasteiger partial charge in [-0.25, -0.2) is 4.99 Å². The van der Waals surface area contributed by atoms with Crippen molar-refractivity contribution in [2.45, 2.75) is 32.5 Å². The van der Waals surface area contributed by atoms with Crippen LogP contribution >= 0.6 is 24.0 Å². The number of aliphatic imine (C=N–C) groups is 1. The van der Waals surface area contributed by atoms with Gasteiger partial charge in [0.15, 0.2) is 5.96 Å². The van der Waals surface area contributed by atoms with Crippen LogP contribution in [0.5, 0.6) is 0 Å². The minimum Gasteiger partial charge on any atom is -0.466 e. The van der Waals surface area contributed by atoms with E-state index in [1.807, 2.05) is 6.92 Å². The quantitative estimate of drug-likeness (QED) is 0.278. The van der Waals surface area contributed by atoms with E-state index in [0.717, 1.165) is 45.0 Å². The number of halogens is 1. The molecule has 1 aromatic carbocycles. The van der Waals surface area contributed by atoms with Crippen molar-refractivity contribution in [1.29, 1.82) is 0 Å². The standard InChI is InChI=1S/C22H32N4O3.HI/c1-3-23-21(25-17-22(2,27)20-5-4-12-29-20)24-15-18-6-8-19(9-7-18)16-26-10-13-28-14-11-26;/h4-9,12,27H,3,10-11,13-17H2,1-2H3,(H2,23,24,25);1H. The van der Waals surface area contributed by atoms with E-state index in [2.05, 4.69) is 44.8 Å². The molecule has 166 valence electrons. The van der Waals surface area contributed by atoms with Crippen LogP contribution in [-0.2, 0) is 23.4 Å². The summed E-state index contributed by atoms with van der Waals surface area (Å²) >= 11 is 0. The molecule has 30 heavy (non-hydrogen) atoms. The molecular formula is C22H33IN4O3. The van der Waals surface area contributed by atoms with E-state index >= 15 is 0 Å². The number of hydrogen-bond acceptors (Lipinski definition) is 5. The lowest BCUT2D eigenvalue weighted by molar-refractivity contribution is 0.0342. The molecule has 1 aliphatic rings. The number of nitrogens with one attached hydrogen (secondary N) is 2. The van der Waals surface area contributed by atoms with Gasteiger partial charge in [0.25, 0.3) is 0 Å². The number of morpholine rings is 1. The predicted molar refractivity (Wildman–Crippen MR) is 129 cm³/mol. The number of nitrogens with zero attached hydrogens (tertiary/aromatic N) is 2. The van der Waals surface area contributed by atoms with Crippen molar-refractivity contribution >= 4 is 29.9 Å². The summed E-state index contributed by atoms with van der Waals surface area (Å²) in [6.45, 7) is 9.92. The monoisotopic (exact) mass is 528 g/mol. The highest BCUT2D eigenvalue weighted by molar-refractivity contribution is 14.0. The van der Waals surface area contributed by atoms with Crippen molar-refractivity contribution in [2.75, 3.05) is 39.4 Å². The lowest BCUT2D eigenvalue weighted by Crippen LogP contribution is -2.44. The predicted octanol–water partition coefficient (Wildman–Crippen LogP) is 2.69. The van der Waals surface area contributed by atoms with Crippen LogP contribution in [0.1, 0.15) is 30.7 Å². The summed E-state index contributed by atoms with van der Waals surface area (Å²) < 4.78 is 10.7. The van der Waals surface area contributed by atoms with Gasteiger partial charge in [-0.3, -0.25) is 4.90 Å². The number of benzene rings is 1. The molecule has 1 atom stereocenters.